The lowest BCUT2D eigenvalue weighted by molar-refractivity contribution is 0.590. The molecule has 9 rings (SSSR count). The summed E-state index contributed by atoms with van der Waals surface area (Å²) in [7, 11) is 0. The number of hydrogen-bond donors (Lipinski definition) is 0. The monoisotopic (exact) mass is 695 g/mol. The molecule has 1 nitrogen and oxygen atoms in total. The highest BCUT2D eigenvalue weighted by Crippen LogP contribution is 2.53. The zero-order valence-corrected chi connectivity index (χ0v) is 31.8. The minimum absolute atomic E-state index is 0.0149. The maximum atomic E-state index is 2.54. The van der Waals surface area contributed by atoms with Gasteiger partial charge in [-0.3, -0.25) is 0 Å². The van der Waals surface area contributed by atoms with Gasteiger partial charge in [0, 0.05) is 22.2 Å². The van der Waals surface area contributed by atoms with Crippen molar-refractivity contribution in [1.29, 1.82) is 0 Å². The summed E-state index contributed by atoms with van der Waals surface area (Å²) in [5.74, 6) is 0. The Bertz CT molecular complexity index is 2660. The fraction of sp³-hybridized carbons (Fsp3) is 0.132. The van der Waals surface area contributed by atoms with E-state index in [1.54, 1.807) is 0 Å². The van der Waals surface area contributed by atoms with Crippen LogP contribution in [-0.2, 0) is 10.8 Å². The number of rotatable bonds is 6. The molecule has 8 aromatic carbocycles. The zero-order valence-electron chi connectivity index (χ0n) is 31.8. The van der Waals surface area contributed by atoms with Crippen LogP contribution in [0.1, 0.15) is 51.3 Å². The Kier molecular flexibility index (Phi) is 8.12. The molecule has 0 amide bonds. The molecular weight excluding hydrogens is 651 g/mol. The molecule has 0 spiro atoms. The van der Waals surface area contributed by atoms with Gasteiger partial charge in [-0.05, 0) is 96.6 Å². The van der Waals surface area contributed by atoms with E-state index in [1.807, 2.05) is 0 Å². The van der Waals surface area contributed by atoms with E-state index in [-0.39, 0.29) is 10.8 Å². The van der Waals surface area contributed by atoms with Crippen LogP contribution in [0.15, 0.2) is 182 Å². The zero-order chi connectivity index (χ0) is 37.0. The van der Waals surface area contributed by atoms with Crippen molar-refractivity contribution in [2.75, 3.05) is 4.90 Å². The summed E-state index contributed by atoms with van der Waals surface area (Å²) in [6.07, 6.45) is 0. The van der Waals surface area contributed by atoms with Crippen molar-refractivity contribution in [2.45, 2.75) is 45.4 Å². The van der Waals surface area contributed by atoms with Crippen LogP contribution in [0.3, 0.4) is 0 Å². The Morgan fingerprint density at radius 2 is 1.00 bits per heavy atom. The van der Waals surface area contributed by atoms with Gasteiger partial charge in [0.15, 0.2) is 0 Å². The normalized spacial score (nSPS) is 13.1. The Morgan fingerprint density at radius 1 is 0.426 bits per heavy atom. The molecule has 0 radical (unpaired) electrons. The van der Waals surface area contributed by atoms with Gasteiger partial charge < -0.3 is 4.90 Å². The smallest absolute Gasteiger partial charge is 0.0546 e. The second kappa shape index (κ2) is 13.0. The first-order valence-corrected chi connectivity index (χ1v) is 19.1. The number of hydrogen-bond acceptors (Lipinski definition) is 1. The molecule has 262 valence electrons. The molecule has 0 heterocycles. The van der Waals surface area contributed by atoms with Crippen LogP contribution in [0, 0.1) is 0 Å². The summed E-state index contributed by atoms with van der Waals surface area (Å²) in [6, 6.07) is 67.3. The van der Waals surface area contributed by atoms with Crippen molar-refractivity contribution in [3.63, 3.8) is 0 Å². The van der Waals surface area contributed by atoms with E-state index < -0.39 is 0 Å². The van der Waals surface area contributed by atoms with Gasteiger partial charge in [0.05, 0.1) is 11.4 Å². The second-order valence-corrected chi connectivity index (χ2v) is 16.2. The van der Waals surface area contributed by atoms with Crippen LogP contribution < -0.4 is 4.90 Å². The summed E-state index contributed by atoms with van der Waals surface area (Å²) < 4.78 is 0. The first-order chi connectivity index (χ1) is 26.2. The average molecular weight is 696 g/mol. The molecule has 0 unspecified atom stereocenters. The van der Waals surface area contributed by atoms with Gasteiger partial charge in [0.1, 0.15) is 0 Å². The molecule has 0 aliphatic heterocycles. The quantitative estimate of drug-likeness (QED) is 0.167. The molecule has 0 aromatic heterocycles. The standard InChI is InChI=1S/C53H45N/c1-52(2,3)39-29-33-49(46(34-39)37-20-10-7-11-21-37)54(40-30-31-44-43-25-16-17-27-47(43)53(4,5)48(44)35-40)50-32-28-38-22-12-13-24-42(38)51(50)45-26-15-14-23-41(45)36-18-8-6-9-19-36/h6-35H,1-5H3. The van der Waals surface area contributed by atoms with Crippen LogP contribution in [0.4, 0.5) is 17.1 Å². The largest absolute Gasteiger partial charge is 0.309 e. The topological polar surface area (TPSA) is 3.24 Å². The third-order valence-corrected chi connectivity index (χ3v) is 11.4. The van der Waals surface area contributed by atoms with Crippen molar-refractivity contribution in [1.82, 2.24) is 0 Å². The maximum Gasteiger partial charge on any atom is 0.0546 e. The molecule has 0 saturated carbocycles. The van der Waals surface area contributed by atoms with Gasteiger partial charge >= 0.3 is 0 Å². The van der Waals surface area contributed by atoms with Crippen LogP contribution in [0.5, 0.6) is 0 Å². The summed E-state index contributed by atoms with van der Waals surface area (Å²) in [6.45, 7) is 11.7. The Balaban J connectivity index is 1.39. The van der Waals surface area contributed by atoms with Gasteiger partial charge in [-0.15, -0.1) is 0 Å². The molecule has 1 heteroatoms. The van der Waals surface area contributed by atoms with Gasteiger partial charge in [-0.2, -0.15) is 0 Å². The molecule has 0 N–H and O–H groups in total. The lowest BCUT2D eigenvalue weighted by Crippen LogP contribution is -2.18. The van der Waals surface area contributed by atoms with Gasteiger partial charge in [-0.25, -0.2) is 0 Å². The van der Waals surface area contributed by atoms with Crippen molar-refractivity contribution in [3.05, 3.63) is 199 Å². The molecular formula is C53H45N. The summed E-state index contributed by atoms with van der Waals surface area (Å²) in [5, 5.41) is 2.45. The van der Waals surface area contributed by atoms with Crippen molar-refractivity contribution in [3.8, 4) is 44.5 Å². The number of fused-ring (bicyclic) bond motifs is 4. The molecule has 1 aliphatic rings. The minimum atomic E-state index is -0.141. The van der Waals surface area contributed by atoms with E-state index in [2.05, 4.69) is 222 Å². The predicted octanol–water partition coefficient (Wildman–Crippen LogP) is 14.9. The molecule has 0 fully saturated rings. The lowest BCUT2D eigenvalue weighted by atomic mass is 9.82. The van der Waals surface area contributed by atoms with Crippen LogP contribution >= 0.6 is 0 Å². The number of benzene rings is 8. The highest BCUT2D eigenvalue weighted by atomic mass is 15.1. The first-order valence-electron chi connectivity index (χ1n) is 19.1. The highest BCUT2D eigenvalue weighted by Gasteiger charge is 2.36. The minimum Gasteiger partial charge on any atom is -0.309 e. The van der Waals surface area contributed by atoms with E-state index >= 15 is 0 Å². The Morgan fingerprint density at radius 3 is 1.72 bits per heavy atom. The fourth-order valence-corrected chi connectivity index (χ4v) is 8.59. The van der Waals surface area contributed by atoms with Crippen molar-refractivity contribution in [2.24, 2.45) is 0 Å². The molecule has 54 heavy (non-hydrogen) atoms. The number of anilines is 3. The van der Waals surface area contributed by atoms with Crippen LogP contribution in [0.2, 0.25) is 0 Å². The summed E-state index contributed by atoms with van der Waals surface area (Å²) in [4.78, 5) is 2.54. The van der Waals surface area contributed by atoms with Crippen molar-refractivity contribution < 1.29 is 0 Å². The third-order valence-electron chi connectivity index (χ3n) is 11.4. The van der Waals surface area contributed by atoms with Crippen LogP contribution in [0.25, 0.3) is 55.3 Å². The van der Waals surface area contributed by atoms with Gasteiger partial charge in [-0.1, -0.05) is 186 Å². The summed E-state index contributed by atoms with van der Waals surface area (Å²) in [5.41, 5.74) is 17.2. The van der Waals surface area contributed by atoms with Gasteiger partial charge in [0.25, 0.3) is 0 Å². The first kappa shape index (κ1) is 33.6. The maximum absolute atomic E-state index is 2.54. The highest BCUT2D eigenvalue weighted by molar-refractivity contribution is 6.09. The summed E-state index contributed by atoms with van der Waals surface area (Å²) >= 11 is 0. The average Bonchev–Trinajstić information content (AvgIpc) is 3.43. The molecule has 8 aromatic rings. The van der Waals surface area contributed by atoms with E-state index in [4.69, 9.17) is 0 Å². The Hall–Kier alpha value is -6.18. The van der Waals surface area contributed by atoms with Crippen LogP contribution in [-0.4, -0.2) is 0 Å². The molecule has 0 atom stereocenters. The fourth-order valence-electron chi connectivity index (χ4n) is 8.59. The van der Waals surface area contributed by atoms with E-state index in [0.29, 0.717) is 0 Å². The lowest BCUT2D eigenvalue weighted by Gasteiger charge is -2.33. The predicted molar refractivity (Wildman–Crippen MR) is 231 cm³/mol. The second-order valence-electron chi connectivity index (χ2n) is 16.2. The SMILES string of the molecule is CC(C)(C)c1ccc(N(c2ccc3c(c2)C(C)(C)c2ccccc2-3)c2ccc3ccccc3c2-c2ccccc2-c2ccccc2)c(-c2ccccc2)c1. The van der Waals surface area contributed by atoms with E-state index in [0.717, 1.165) is 17.1 Å². The van der Waals surface area contributed by atoms with E-state index in [1.165, 1.54) is 72.0 Å². The molecule has 0 saturated heterocycles. The van der Waals surface area contributed by atoms with Crippen molar-refractivity contribution >= 4 is 27.8 Å². The molecule has 1 aliphatic carbocycles. The number of nitrogens with zero attached hydrogens (tertiary/aromatic N) is 1. The Labute approximate surface area is 320 Å². The van der Waals surface area contributed by atoms with Gasteiger partial charge in [0.2, 0.25) is 0 Å². The van der Waals surface area contributed by atoms with E-state index in [9.17, 15) is 0 Å². The molecule has 0 bridgehead atoms. The third kappa shape index (κ3) is 5.63.